The standard InChI is InChI=1S/C11H19N3OS/c1-9(13-4-2-3-5-13)7-14-10(8-15)6-12-11(14)16/h6,9,15H,2-5,7-8H2,1H3,(H,12,16). The lowest BCUT2D eigenvalue weighted by molar-refractivity contribution is 0.224. The largest absolute Gasteiger partial charge is 0.390 e. The summed E-state index contributed by atoms with van der Waals surface area (Å²) in [4.78, 5) is 5.47. The quantitative estimate of drug-likeness (QED) is 0.786. The van der Waals surface area contributed by atoms with Crippen molar-refractivity contribution >= 4 is 12.2 Å². The van der Waals surface area contributed by atoms with E-state index in [1.54, 1.807) is 6.20 Å². The fraction of sp³-hybridized carbons (Fsp3) is 0.727. The Morgan fingerprint density at radius 1 is 1.50 bits per heavy atom. The van der Waals surface area contributed by atoms with Crippen molar-refractivity contribution in [3.05, 3.63) is 16.7 Å². The minimum Gasteiger partial charge on any atom is -0.390 e. The number of likely N-dealkylation sites (tertiary alicyclic amines) is 1. The summed E-state index contributed by atoms with van der Waals surface area (Å²) in [6, 6.07) is 0.482. The highest BCUT2D eigenvalue weighted by Crippen LogP contribution is 2.14. The van der Waals surface area contributed by atoms with Gasteiger partial charge >= 0.3 is 0 Å². The summed E-state index contributed by atoms with van der Waals surface area (Å²) in [6.07, 6.45) is 4.39. The van der Waals surface area contributed by atoms with Gasteiger partial charge in [0, 0.05) is 18.8 Å². The number of hydrogen-bond acceptors (Lipinski definition) is 3. The van der Waals surface area contributed by atoms with E-state index in [4.69, 9.17) is 12.2 Å². The summed E-state index contributed by atoms with van der Waals surface area (Å²) in [5, 5.41) is 9.21. The van der Waals surface area contributed by atoms with Crippen LogP contribution in [0.3, 0.4) is 0 Å². The van der Waals surface area contributed by atoms with Gasteiger partial charge in [-0.05, 0) is 45.1 Å². The van der Waals surface area contributed by atoms with E-state index in [0.29, 0.717) is 10.8 Å². The molecule has 0 radical (unpaired) electrons. The number of aromatic amines is 1. The molecule has 2 rings (SSSR count). The maximum Gasteiger partial charge on any atom is 0.177 e. The number of aliphatic hydroxyl groups excluding tert-OH is 1. The van der Waals surface area contributed by atoms with E-state index < -0.39 is 0 Å². The number of aromatic nitrogens is 2. The predicted octanol–water partition coefficient (Wildman–Crippen LogP) is 1.52. The van der Waals surface area contributed by atoms with Crippen LogP contribution in [0.1, 0.15) is 25.5 Å². The Kier molecular flexibility index (Phi) is 3.78. The van der Waals surface area contributed by atoms with Gasteiger partial charge in [-0.15, -0.1) is 0 Å². The monoisotopic (exact) mass is 241 g/mol. The molecule has 1 saturated heterocycles. The van der Waals surface area contributed by atoms with E-state index in [2.05, 4.69) is 16.8 Å². The summed E-state index contributed by atoms with van der Waals surface area (Å²) < 4.78 is 2.70. The molecule has 0 aliphatic carbocycles. The van der Waals surface area contributed by atoms with Crippen molar-refractivity contribution in [2.24, 2.45) is 0 Å². The van der Waals surface area contributed by atoms with Gasteiger partial charge in [0.2, 0.25) is 0 Å². The van der Waals surface area contributed by atoms with Crippen LogP contribution in [-0.2, 0) is 13.2 Å². The highest BCUT2D eigenvalue weighted by Gasteiger charge is 2.19. The number of imidazole rings is 1. The molecule has 1 fully saturated rings. The number of aliphatic hydroxyl groups is 1. The third-order valence-electron chi connectivity index (χ3n) is 3.33. The lowest BCUT2D eigenvalue weighted by atomic mass is 10.3. The van der Waals surface area contributed by atoms with Gasteiger partial charge in [-0.2, -0.15) is 0 Å². The van der Waals surface area contributed by atoms with Crippen LogP contribution in [0.15, 0.2) is 6.20 Å². The SMILES string of the molecule is CC(Cn1c(CO)c[nH]c1=S)N1CCCC1. The molecule has 0 saturated carbocycles. The van der Waals surface area contributed by atoms with Crippen molar-refractivity contribution in [1.82, 2.24) is 14.5 Å². The highest BCUT2D eigenvalue weighted by molar-refractivity contribution is 7.71. The lowest BCUT2D eigenvalue weighted by Crippen LogP contribution is -2.34. The molecule has 0 bridgehead atoms. The molecule has 16 heavy (non-hydrogen) atoms. The lowest BCUT2D eigenvalue weighted by Gasteiger charge is -2.24. The van der Waals surface area contributed by atoms with Gasteiger partial charge in [0.25, 0.3) is 0 Å². The van der Waals surface area contributed by atoms with E-state index >= 15 is 0 Å². The second kappa shape index (κ2) is 5.12. The Balaban J connectivity index is 2.07. The minimum atomic E-state index is 0.0415. The summed E-state index contributed by atoms with van der Waals surface area (Å²) in [7, 11) is 0. The molecule has 1 aliphatic rings. The average Bonchev–Trinajstić information content (AvgIpc) is 2.89. The highest BCUT2D eigenvalue weighted by atomic mass is 32.1. The van der Waals surface area contributed by atoms with Gasteiger partial charge < -0.3 is 14.7 Å². The van der Waals surface area contributed by atoms with E-state index in [1.165, 1.54) is 25.9 Å². The Morgan fingerprint density at radius 3 is 2.81 bits per heavy atom. The van der Waals surface area contributed by atoms with Gasteiger partial charge in [-0.3, -0.25) is 4.90 Å². The van der Waals surface area contributed by atoms with Crippen molar-refractivity contribution in [3.63, 3.8) is 0 Å². The van der Waals surface area contributed by atoms with E-state index in [1.807, 2.05) is 4.57 Å². The Bertz CT molecular complexity index is 392. The summed E-state index contributed by atoms with van der Waals surface area (Å²) in [6.45, 7) is 5.50. The molecule has 1 atom stereocenters. The molecule has 0 aromatic carbocycles. The molecule has 1 aromatic rings. The first-order chi connectivity index (χ1) is 7.72. The van der Waals surface area contributed by atoms with Crippen molar-refractivity contribution < 1.29 is 5.11 Å². The third-order valence-corrected chi connectivity index (χ3v) is 3.67. The molecule has 0 spiro atoms. The van der Waals surface area contributed by atoms with Gasteiger partial charge in [0.05, 0.1) is 12.3 Å². The molecular weight excluding hydrogens is 222 g/mol. The fourth-order valence-electron chi connectivity index (χ4n) is 2.32. The first kappa shape index (κ1) is 11.8. The van der Waals surface area contributed by atoms with Crippen LogP contribution in [0.4, 0.5) is 0 Å². The smallest absolute Gasteiger partial charge is 0.177 e. The van der Waals surface area contributed by atoms with Crippen molar-refractivity contribution in [2.45, 2.75) is 39.0 Å². The van der Waals surface area contributed by atoms with Crippen LogP contribution < -0.4 is 0 Å². The molecule has 2 heterocycles. The topological polar surface area (TPSA) is 44.2 Å². The van der Waals surface area contributed by atoms with Crippen LogP contribution in [0.5, 0.6) is 0 Å². The minimum absolute atomic E-state index is 0.0415. The fourth-order valence-corrected chi connectivity index (χ4v) is 2.58. The van der Waals surface area contributed by atoms with Gasteiger partial charge in [-0.1, -0.05) is 0 Å². The van der Waals surface area contributed by atoms with Gasteiger partial charge in [0.15, 0.2) is 4.77 Å². The Labute approximate surface area is 101 Å². The number of H-pyrrole nitrogens is 1. The molecule has 4 nitrogen and oxygen atoms in total. The molecule has 1 aliphatic heterocycles. The number of rotatable bonds is 4. The van der Waals surface area contributed by atoms with E-state index in [9.17, 15) is 5.11 Å². The van der Waals surface area contributed by atoms with Crippen molar-refractivity contribution in [1.29, 1.82) is 0 Å². The number of nitrogens with one attached hydrogen (secondary N) is 1. The molecular formula is C11H19N3OS. The maximum atomic E-state index is 9.21. The molecule has 2 N–H and O–H groups in total. The normalized spacial score (nSPS) is 19.1. The van der Waals surface area contributed by atoms with Crippen LogP contribution in [0, 0.1) is 4.77 Å². The maximum absolute atomic E-state index is 9.21. The number of nitrogens with zero attached hydrogens (tertiary/aromatic N) is 2. The molecule has 90 valence electrons. The zero-order valence-electron chi connectivity index (χ0n) is 9.65. The van der Waals surface area contributed by atoms with Gasteiger partial charge in [0.1, 0.15) is 0 Å². The van der Waals surface area contributed by atoms with Crippen LogP contribution in [0.25, 0.3) is 0 Å². The third kappa shape index (κ3) is 2.36. The number of hydrogen-bond donors (Lipinski definition) is 2. The zero-order valence-corrected chi connectivity index (χ0v) is 10.5. The first-order valence-electron chi connectivity index (χ1n) is 5.84. The van der Waals surface area contributed by atoms with Crippen molar-refractivity contribution in [3.8, 4) is 0 Å². The van der Waals surface area contributed by atoms with Crippen LogP contribution in [0.2, 0.25) is 0 Å². The van der Waals surface area contributed by atoms with E-state index in [0.717, 1.165) is 12.2 Å². The average molecular weight is 241 g/mol. The van der Waals surface area contributed by atoms with Gasteiger partial charge in [-0.25, -0.2) is 0 Å². The van der Waals surface area contributed by atoms with Crippen LogP contribution in [-0.4, -0.2) is 38.7 Å². The summed E-state index contributed by atoms with van der Waals surface area (Å²) in [5.74, 6) is 0. The van der Waals surface area contributed by atoms with Crippen LogP contribution >= 0.6 is 12.2 Å². The predicted molar refractivity (Wildman–Crippen MR) is 65.8 cm³/mol. The molecule has 0 amide bonds. The molecule has 1 aromatic heterocycles. The molecule has 5 heteroatoms. The Morgan fingerprint density at radius 2 is 2.19 bits per heavy atom. The zero-order chi connectivity index (χ0) is 11.5. The summed E-state index contributed by atoms with van der Waals surface area (Å²) in [5.41, 5.74) is 0.871. The molecule has 1 unspecified atom stereocenters. The van der Waals surface area contributed by atoms with E-state index in [-0.39, 0.29) is 6.61 Å². The second-order valence-corrected chi connectivity index (χ2v) is 4.83. The summed E-state index contributed by atoms with van der Waals surface area (Å²) >= 11 is 5.21. The van der Waals surface area contributed by atoms with Crippen molar-refractivity contribution in [2.75, 3.05) is 13.1 Å². The first-order valence-corrected chi connectivity index (χ1v) is 6.25. The Hall–Kier alpha value is -0.650. The second-order valence-electron chi connectivity index (χ2n) is 4.45.